The number of nitrogens with one attached hydrogen (secondary N) is 1. The quantitative estimate of drug-likeness (QED) is 0.768. The smallest absolute Gasteiger partial charge is 0.238 e. The van der Waals surface area contributed by atoms with Crippen LogP contribution in [0.4, 0.5) is 5.69 Å². The van der Waals surface area contributed by atoms with Crippen molar-refractivity contribution < 1.29 is 9.59 Å². The van der Waals surface area contributed by atoms with Crippen molar-refractivity contribution in [3.8, 4) is 0 Å². The van der Waals surface area contributed by atoms with Gasteiger partial charge in [0.15, 0.2) is 0 Å². The van der Waals surface area contributed by atoms with E-state index in [1.807, 2.05) is 11.0 Å². The fourth-order valence-electron chi connectivity index (χ4n) is 2.14. The van der Waals surface area contributed by atoms with E-state index in [-0.39, 0.29) is 29.9 Å². The molecule has 0 aliphatic carbocycles. The number of likely N-dealkylation sites (N-methyl/N-ethyl adjacent to an activating group) is 1. The third kappa shape index (κ3) is 3.99. The van der Waals surface area contributed by atoms with E-state index in [1.165, 1.54) is 0 Å². The fourth-order valence-corrected chi connectivity index (χ4v) is 2.32. The van der Waals surface area contributed by atoms with Gasteiger partial charge in [0.2, 0.25) is 11.8 Å². The van der Waals surface area contributed by atoms with Gasteiger partial charge in [0, 0.05) is 25.7 Å². The van der Waals surface area contributed by atoms with Crippen LogP contribution in [0.5, 0.6) is 0 Å². The Kier molecular flexibility index (Phi) is 4.87. The van der Waals surface area contributed by atoms with E-state index in [0.717, 1.165) is 0 Å². The van der Waals surface area contributed by atoms with Gasteiger partial charge >= 0.3 is 0 Å². The molecule has 0 spiro atoms. The molecule has 0 unspecified atom stereocenters. The number of hydrogen-bond donors (Lipinski definition) is 2. The number of carbonyl (C=O) groups excluding carboxylic acids is 2. The molecule has 0 bridgehead atoms. The molecular weight excluding hydrogens is 288 g/mol. The monoisotopic (exact) mass is 306 g/mol. The van der Waals surface area contributed by atoms with Crippen molar-refractivity contribution in [2.45, 2.75) is 0 Å². The van der Waals surface area contributed by atoms with Crippen LogP contribution in [0.2, 0.25) is 0 Å². The number of benzene rings is 1. The summed E-state index contributed by atoms with van der Waals surface area (Å²) in [6, 6.07) is 7.12. The minimum atomic E-state index is -0.184. The number of thiocarbonyl (C=S) groups is 1. The molecule has 1 fully saturated rings. The number of nitrogens with two attached hydrogens (primary N) is 1. The van der Waals surface area contributed by atoms with Crippen LogP contribution in [0.25, 0.3) is 0 Å². The third-order valence-corrected chi connectivity index (χ3v) is 3.59. The zero-order valence-corrected chi connectivity index (χ0v) is 12.7. The minimum Gasteiger partial charge on any atom is -0.389 e. The van der Waals surface area contributed by atoms with Crippen molar-refractivity contribution in [2.24, 2.45) is 5.73 Å². The first kappa shape index (κ1) is 15.4. The molecule has 1 saturated heterocycles. The van der Waals surface area contributed by atoms with Crippen molar-refractivity contribution in [1.29, 1.82) is 0 Å². The van der Waals surface area contributed by atoms with Gasteiger partial charge in [0.1, 0.15) is 4.99 Å². The largest absolute Gasteiger partial charge is 0.389 e. The molecule has 0 saturated carbocycles. The van der Waals surface area contributed by atoms with Crippen LogP contribution >= 0.6 is 12.2 Å². The van der Waals surface area contributed by atoms with Gasteiger partial charge in [-0.05, 0) is 12.1 Å². The van der Waals surface area contributed by atoms with E-state index in [0.29, 0.717) is 24.3 Å². The van der Waals surface area contributed by atoms with Crippen LogP contribution < -0.4 is 11.1 Å². The standard InChI is InChI=1S/C14H18N4O2S/c1-17-6-7-18(9-13(17)20)8-12(19)16-11-5-3-2-4-10(11)14(15)21/h2-5H,6-9H2,1H3,(H2,15,21)(H,16,19). The maximum absolute atomic E-state index is 12.1. The van der Waals surface area contributed by atoms with E-state index >= 15 is 0 Å². The molecule has 7 heteroatoms. The molecule has 1 aliphatic rings. The van der Waals surface area contributed by atoms with E-state index < -0.39 is 0 Å². The topological polar surface area (TPSA) is 78.7 Å². The van der Waals surface area contributed by atoms with Crippen LogP contribution in [-0.2, 0) is 9.59 Å². The Balaban J connectivity index is 1.96. The van der Waals surface area contributed by atoms with E-state index in [4.69, 9.17) is 18.0 Å². The zero-order valence-electron chi connectivity index (χ0n) is 11.8. The maximum Gasteiger partial charge on any atom is 0.238 e. The Morgan fingerprint density at radius 3 is 2.76 bits per heavy atom. The summed E-state index contributed by atoms with van der Waals surface area (Å²) in [5.74, 6) is -0.159. The lowest BCUT2D eigenvalue weighted by Crippen LogP contribution is -2.50. The van der Waals surface area contributed by atoms with Crippen LogP contribution in [0.1, 0.15) is 5.56 Å². The van der Waals surface area contributed by atoms with Crippen molar-refractivity contribution in [2.75, 3.05) is 38.5 Å². The fraction of sp³-hybridized carbons (Fsp3) is 0.357. The summed E-state index contributed by atoms with van der Waals surface area (Å²) in [5.41, 5.74) is 6.86. The van der Waals surface area contributed by atoms with Crippen LogP contribution in [-0.4, -0.2) is 59.8 Å². The summed E-state index contributed by atoms with van der Waals surface area (Å²) in [6.45, 7) is 1.76. The van der Waals surface area contributed by atoms with Gasteiger partial charge < -0.3 is 16.0 Å². The van der Waals surface area contributed by atoms with E-state index in [9.17, 15) is 9.59 Å². The molecule has 6 nitrogen and oxygen atoms in total. The number of amides is 2. The van der Waals surface area contributed by atoms with Gasteiger partial charge in [-0.2, -0.15) is 0 Å². The number of rotatable bonds is 4. The SMILES string of the molecule is CN1CCN(CC(=O)Nc2ccccc2C(N)=S)CC1=O. The van der Waals surface area contributed by atoms with Crippen molar-refractivity contribution in [1.82, 2.24) is 9.80 Å². The summed E-state index contributed by atoms with van der Waals surface area (Å²) in [5, 5.41) is 2.79. The zero-order chi connectivity index (χ0) is 15.4. The molecule has 1 aromatic rings. The van der Waals surface area contributed by atoms with Gasteiger partial charge in [-0.3, -0.25) is 14.5 Å². The predicted molar refractivity (Wildman–Crippen MR) is 85.0 cm³/mol. The molecule has 1 aromatic carbocycles. The number of anilines is 1. The molecule has 1 aliphatic heterocycles. The first-order valence-corrected chi connectivity index (χ1v) is 7.03. The molecule has 0 aromatic heterocycles. The van der Waals surface area contributed by atoms with Crippen molar-refractivity contribution >= 4 is 34.7 Å². The predicted octanol–water partition coefficient (Wildman–Crippen LogP) is 0.0333. The highest BCUT2D eigenvalue weighted by Crippen LogP contribution is 2.14. The van der Waals surface area contributed by atoms with Gasteiger partial charge in [0.25, 0.3) is 0 Å². The van der Waals surface area contributed by atoms with Gasteiger partial charge in [-0.1, -0.05) is 24.4 Å². The van der Waals surface area contributed by atoms with Crippen LogP contribution in [0.15, 0.2) is 24.3 Å². The highest BCUT2D eigenvalue weighted by atomic mass is 32.1. The number of nitrogens with zero attached hydrogens (tertiary/aromatic N) is 2. The number of hydrogen-bond acceptors (Lipinski definition) is 4. The first-order valence-electron chi connectivity index (χ1n) is 6.62. The average molecular weight is 306 g/mol. The normalized spacial score (nSPS) is 15.9. The van der Waals surface area contributed by atoms with E-state index in [2.05, 4.69) is 5.32 Å². The second-order valence-electron chi connectivity index (χ2n) is 4.98. The first-order chi connectivity index (χ1) is 9.97. The summed E-state index contributed by atoms with van der Waals surface area (Å²) < 4.78 is 0. The number of carbonyl (C=O) groups is 2. The Morgan fingerprint density at radius 2 is 2.10 bits per heavy atom. The highest BCUT2D eigenvalue weighted by molar-refractivity contribution is 7.80. The molecule has 21 heavy (non-hydrogen) atoms. The summed E-state index contributed by atoms with van der Waals surface area (Å²) >= 11 is 4.96. The minimum absolute atomic E-state index is 0.0255. The van der Waals surface area contributed by atoms with Gasteiger partial charge in [-0.15, -0.1) is 0 Å². The number of para-hydroxylation sites is 1. The number of piperazine rings is 1. The molecule has 112 valence electrons. The summed E-state index contributed by atoms with van der Waals surface area (Å²) in [4.78, 5) is 27.4. The lowest BCUT2D eigenvalue weighted by molar-refractivity contribution is -0.135. The summed E-state index contributed by atoms with van der Waals surface area (Å²) in [7, 11) is 1.76. The molecule has 0 atom stereocenters. The third-order valence-electron chi connectivity index (χ3n) is 3.37. The second-order valence-corrected chi connectivity index (χ2v) is 5.42. The second kappa shape index (κ2) is 6.64. The Labute approximate surface area is 128 Å². The van der Waals surface area contributed by atoms with Gasteiger partial charge in [-0.25, -0.2) is 0 Å². The van der Waals surface area contributed by atoms with E-state index in [1.54, 1.807) is 30.1 Å². The summed E-state index contributed by atoms with van der Waals surface area (Å²) in [6.07, 6.45) is 0. The molecule has 0 radical (unpaired) electrons. The molecule has 2 amide bonds. The average Bonchev–Trinajstić information content (AvgIpc) is 2.43. The molecule has 2 rings (SSSR count). The molecule has 3 N–H and O–H groups in total. The maximum atomic E-state index is 12.1. The lowest BCUT2D eigenvalue weighted by Gasteiger charge is -2.31. The van der Waals surface area contributed by atoms with Crippen molar-refractivity contribution in [3.05, 3.63) is 29.8 Å². The Bertz CT molecular complexity index is 576. The lowest BCUT2D eigenvalue weighted by atomic mass is 10.2. The highest BCUT2D eigenvalue weighted by Gasteiger charge is 2.22. The molecular formula is C14H18N4O2S. The van der Waals surface area contributed by atoms with Crippen molar-refractivity contribution in [3.63, 3.8) is 0 Å². The van der Waals surface area contributed by atoms with Crippen LogP contribution in [0, 0.1) is 0 Å². The Morgan fingerprint density at radius 1 is 1.38 bits per heavy atom. The van der Waals surface area contributed by atoms with Crippen LogP contribution in [0.3, 0.4) is 0 Å². The van der Waals surface area contributed by atoms with Gasteiger partial charge in [0.05, 0.1) is 18.8 Å². The molecule has 1 heterocycles. The Hall–Kier alpha value is -1.99.